The van der Waals surface area contributed by atoms with E-state index in [4.69, 9.17) is 4.74 Å². The van der Waals surface area contributed by atoms with Gasteiger partial charge in [-0.2, -0.15) is 0 Å². The number of carbonyl (C=O) groups is 2. The molecule has 0 aliphatic carbocycles. The number of sulfonamides is 1. The summed E-state index contributed by atoms with van der Waals surface area (Å²) in [5.74, 6) is -2.73. The number of rotatable bonds is 6. The van der Waals surface area contributed by atoms with Crippen LogP contribution < -0.4 is 5.32 Å². The zero-order valence-corrected chi connectivity index (χ0v) is 17.7. The standard InChI is InChI=1S/C18H18BrFN2O5S/c1-11-4-7-16(14(19)8-11)21-17(23)10-27-18(24)13-9-12(5-6-15(13)20)28(25,26)22(2)3/h4-9H,10H2,1-3H3,(H,21,23). The first-order valence-electron chi connectivity index (χ1n) is 7.97. The monoisotopic (exact) mass is 472 g/mol. The molecule has 1 N–H and O–H groups in total. The maximum Gasteiger partial charge on any atom is 0.341 e. The van der Waals surface area contributed by atoms with Crippen molar-refractivity contribution in [3.8, 4) is 0 Å². The highest BCUT2D eigenvalue weighted by Gasteiger charge is 2.22. The first-order chi connectivity index (χ1) is 13.0. The summed E-state index contributed by atoms with van der Waals surface area (Å²) in [5, 5.41) is 2.55. The van der Waals surface area contributed by atoms with Gasteiger partial charge < -0.3 is 10.1 Å². The SMILES string of the molecule is Cc1ccc(NC(=O)COC(=O)c2cc(S(=O)(=O)N(C)C)ccc2F)c(Br)c1. The first kappa shape index (κ1) is 22.0. The number of anilines is 1. The Kier molecular flexibility index (Phi) is 6.91. The van der Waals surface area contributed by atoms with Crippen molar-refractivity contribution < 1.29 is 27.1 Å². The van der Waals surface area contributed by atoms with E-state index in [9.17, 15) is 22.4 Å². The molecule has 0 fully saturated rings. The van der Waals surface area contributed by atoms with Gasteiger partial charge in [0, 0.05) is 18.6 Å². The Balaban J connectivity index is 2.09. The van der Waals surface area contributed by atoms with Gasteiger partial charge in [-0.05, 0) is 58.7 Å². The molecule has 10 heteroatoms. The Morgan fingerprint density at radius 3 is 2.46 bits per heavy atom. The number of hydrogen-bond donors (Lipinski definition) is 1. The van der Waals surface area contributed by atoms with Crippen LogP contribution in [0.2, 0.25) is 0 Å². The van der Waals surface area contributed by atoms with Crippen LogP contribution in [0.3, 0.4) is 0 Å². The molecule has 0 unspecified atom stereocenters. The summed E-state index contributed by atoms with van der Waals surface area (Å²) in [7, 11) is -1.24. The summed E-state index contributed by atoms with van der Waals surface area (Å²) in [6.07, 6.45) is 0. The van der Waals surface area contributed by atoms with Crippen molar-refractivity contribution in [2.24, 2.45) is 0 Å². The van der Waals surface area contributed by atoms with Crippen molar-refractivity contribution >= 4 is 43.5 Å². The van der Waals surface area contributed by atoms with Gasteiger partial charge in [0.05, 0.1) is 16.1 Å². The smallest absolute Gasteiger partial charge is 0.341 e. The molecule has 1 amide bonds. The molecule has 0 atom stereocenters. The van der Waals surface area contributed by atoms with E-state index >= 15 is 0 Å². The molecular formula is C18H18BrFN2O5S. The second-order valence-electron chi connectivity index (χ2n) is 6.04. The van der Waals surface area contributed by atoms with Crippen LogP contribution in [0.4, 0.5) is 10.1 Å². The predicted molar refractivity (Wildman–Crippen MR) is 105 cm³/mol. The van der Waals surface area contributed by atoms with Crippen molar-refractivity contribution in [3.63, 3.8) is 0 Å². The second-order valence-corrected chi connectivity index (χ2v) is 9.04. The highest BCUT2D eigenvalue weighted by molar-refractivity contribution is 9.10. The molecule has 2 aromatic carbocycles. The van der Waals surface area contributed by atoms with Gasteiger partial charge in [-0.15, -0.1) is 0 Å². The Morgan fingerprint density at radius 1 is 1.18 bits per heavy atom. The summed E-state index contributed by atoms with van der Waals surface area (Å²) in [6, 6.07) is 8.04. The minimum Gasteiger partial charge on any atom is -0.452 e. The first-order valence-corrected chi connectivity index (χ1v) is 10.2. The van der Waals surface area contributed by atoms with E-state index in [1.54, 1.807) is 18.2 Å². The molecule has 7 nitrogen and oxygen atoms in total. The lowest BCUT2D eigenvalue weighted by atomic mass is 10.2. The number of nitrogens with one attached hydrogen (secondary N) is 1. The molecular weight excluding hydrogens is 455 g/mol. The fourth-order valence-corrected chi connectivity index (χ4v) is 3.67. The summed E-state index contributed by atoms with van der Waals surface area (Å²) < 4.78 is 44.6. The van der Waals surface area contributed by atoms with Crippen molar-refractivity contribution in [3.05, 3.63) is 57.8 Å². The molecule has 28 heavy (non-hydrogen) atoms. The molecule has 150 valence electrons. The number of hydrogen-bond acceptors (Lipinski definition) is 5. The van der Waals surface area contributed by atoms with Crippen molar-refractivity contribution in [2.45, 2.75) is 11.8 Å². The third-order valence-electron chi connectivity index (χ3n) is 3.67. The Hall–Kier alpha value is -2.30. The number of aryl methyl sites for hydroxylation is 1. The average Bonchev–Trinajstić information content (AvgIpc) is 2.62. The number of carbonyl (C=O) groups excluding carboxylic acids is 2. The van der Waals surface area contributed by atoms with Gasteiger partial charge >= 0.3 is 5.97 Å². The van der Waals surface area contributed by atoms with E-state index in [0.29, 0.717) is 10.2 Å². The lowest BCUT2D eigenvalue weighted by Gasteiger charge is -2.13. The summed E-state index contributed by atoms with van der Waals surface area (Å²) in [6.45, 7) is 1.22. The highest BCUT2D eigenvalue weighted by atomic mass is 79.9. The Bertz CT molecular complexity index is 1020. The molecule has 0 saturated heterocycles. The summed E-state index contributed by atoms with van der Waals surface area (Å²) in [4.78, 5) is 23.8. The fraction of sp³-hybridized carbons (Fsp3) is 0.222. The summed E-state index contributed by atoms with van der Waals surface area (Å²) in [5.41, 5.74) is 0.892. The van der Waals surface area contributed by atoms with Gasteiger partial charge in [0.1, 0.15) is 5.82 Å². The minimum atomic E-state index is -3.86. The van der Waals surface area contributed by atoms with E-state index in [2.05, 4.69) is 21.2 Å². The number of nitrogens with zero attached hydrogens (tertiary/aromatic N) is 1. The molecule has 2 rings (SSSR count). The topological polar surface area (TPSA) is 92.8 Å². The minimum absolute atomic E-state index is 0.265. The number of ether oxygens (including phenoxy) is 1. The molecule has 0 aliphatic heterocycles. The average molecular weight is 473 g/mol. The van der Waals surface area contributed by atoms with Crippen LogP contribution in [0.15, 0.2) is 45.8 Å². The molecule has 0 bridgehead atoms. The van der Waals surface area contributed by atoms with Gasteiger partial charge in [-0.3, -0.25) is 4.79 Å². The van der Waals surface area contributed by atoms with Crippen LogP contribution in [0.25, 0.3) is 0 Å². The maximum atomic E-state index is 14.0. The molecule has 0 saturated carbocycles. The Labute approximate surface area is 170 Å². The van der Waals surface area contributed by atoms with E-state index in [0.717, 1.165) is 28.1 Å². The van der Waals surface area contributed by atoms with E-state index in [1.807, 2.05) is 6.92 Å². The number of esters is 1. The van der Waals surface area contributed by atoms with Gasteiger partial charge in [0.15, 0.2) is 6.61 Å². The molecule has 0 heterocycles. The maximum absolute atomic E-state index is 14.0. The number of benzene rings is 2. The van der Waals surface area contributed by atoms with Crippen molar-refractivity contribution in [1.29, 1.82) is 0 Å². The third kappa shape index (κ3) is 5.15. The second kappa shape index (κ2) is 8.80. The van der Waals surface area contributed by atoms with E-state index < -0.39 is 39.9 Å². The quantitative estimate of drug-likeness (QED) is 0.652. The van der Waals surface area contributed by atoms with Crippen LogP contribution >= 0.6 is 15.9 Å². The zero-order chi connectivity index (χ0) is 21.1. The fourth-order valence-electron chi connectivity index (χ4n) is 2.15. The number of amides is 1. The summed E-state index contributed by atoms with van der Waals surface area (Å²) >= 11 is 3.31. The molecule has 0 spiro atoms. The lowest BCUT2D eigenvalue weighted by Crippen LogP contribution is -2.24. The van der Waals surface area contributed by atoms with Crippen molar-refractivity contribution in [2.75, 3.05) is 26.0 Å². The van der Waals surface area contributed by atoms with Crippen LogP contribution in [-0.4, -0.2) is 45.3 Å². The van der Waals surface area contributed by atoms with E-state index in [-0.39, 0.29) is 4.90 Å². The van der Waals surface area contributed by atoms with Gasteiger partial charge in [0.2, 0.25) is 10.0 Å². The molecule has 2 aromatic rings. The lowest BCUT2D eigenvalue weighted by molar-refractivity contribution is -0.119. The van der Waals surface area contributed by atoms with Crippen LogP contribution in [-0.2, 0) is 19.6 Å². The molecule has 0 aliphatic rings. The predicted octanol–water partition coefficient (Wildman–Crippen LogP) is 2.94. The van der Waals surface area contributed by atoms with Crippen LogP contribution in [0.1, 0.15) is 15.9 Å². The van der Waals surface area contributed by atoms with E-state index in [1.165, 1.54) is 14.1 Å². The molecule has 0 aromatic heterocycles. The Morgan fingerprint density at radius 2 is 1.86 bits per heavy atom. The molecule has 0 radical (unpaired) electrons. The zero-order valence-electron chi connectivity index (χ0n) is 15.3. The highest BCUT2D eigenvalue weighted by Crippen LogP contribution is 2.23. The largest absolute Gasteiger partial charge is 0.452 e. The normalized spacial score (nSPS) is 11.4. The van der Waals surface area contributed by atoms with Gasteiger partial charge in [-0.1, -0.05) is 6.07 Å². The van der Waals surface area contributed by atoms with Crippen LogP contribution in [0, 0.1) is 12.7 Å². The third-order valence-corrected chi connectivity index (χ3v) is 6.14. The van der Waals surface area contributed by atoms with Crippen molar-refractivity contribution in [1.82, 2.24) is 4.31 Å². The van der Waals surface area contributed by atoms with Gasteiger partial charge in [0.25, 0.3) is 5.91 Å². The number of halogens is 2. The van der Waals surface area contributed by atoms with Gasteiger partial charge in [-0.25, -0.2) is 21.9 Å². The van der Waals surface area contributed by atoms with Crippen LogP contribution in [0.5, 0.6) is 0 Å².